The maximum absolute atomic E-state index is 8.56. The monoisotopic (exact) mass is 215 g/mol. The van der Waals surface area contributed by atoms with Gasteiger partial charge in [-0.2, -0.15) is 0 Å². The largest absolute Gasteiger partial charge is 0.503 e. The molecule has 0 aliphatic carbocycles. The van der Waals surface area contributed by atoms with E-state index in [1.807, 2.05) is 0 Å². The Labute approximate surface area is 65.8 Å². The summed E-state index contributed by atoms with van der Waals surface area (Å²) in [5.41, 5.74) is 0. The molecular weight excluding hydrogens is 210 g/mol. The third-order valence-corrected chi connectivity index (χ3v) is 0. The van der Waals surface area contributed by atoms with E-state index in [0.29, 0.717) is 0 Å². The van der Waals surface area contributed by atoms with E-state index in [0.717, 1.165) is 0 Å². The minimum atomic E-state index is -1.83. The molecular formula is CH6CoNiO5. The predicted octanol–water partition coefficient (Wildman–Crippen LogP) is -1.43. The molecule has 7 heteroatoms. The number of carboxylic acid groups (broad SMARTS) is 2. The Kier molecular flexibility index (Phi) is 141. The molecule has 0 aliphatic heterocycles. The van der Waals surface area contributed by atoms with Crippen LogP contribution in [0.1, 0.15) is 0 Å². The summed E-state index contributed by atoms with van der Waals surface area (Å²) in [6, 6.07) is 0. The van der Waals surface area contributed by atoms with E-state index in [9.17, 15) is 0 Å². The second kappa shape index (κ2) is 27.1. The fourth-order valence-corrected chi connectivity index (χ4v) is 0. The minimum absolute atomic E-state index is 0. The molecule has 0 rings (SSSR count). The molecule has 0 spiro atoms. The van der Waals surface area contributed by atoms with Crippen LogP contribution in [0.4, 0.5) is 4.79 Å². The standard InChI is InChI=1S/CH2O3.Co.Ni.2H2O/c2-1(3)4;;;;/h(H2,2,3,4);;;2*1H2. The Bertz CT molecular complexity index is 35.4. The van der Waals surface area contributed by atoms with Gasteiger partial charge in [-0.1, -0.05) is 0 Å². The Hall–Kier alpha value is 0.190. The first-order valence-corrected chi connectivity index (χ1v) is 0.651. The van der Waals surface area contributed by atoms with E-state index in [2.05, 4.69) is 0 Å². The molecule has 0 saturated heterocycles. The average Bonchev–Trinajstić information content (AvgIpc) is 0.811. The van der Waals surface area contributed by atoms with Gasteiger partial charge >= 0.3 is 6.16 Å². The van der Waals surface area contributed by atoms with Gasteiger partial charge in [-0.15, -0.1) is 0 Å². The molecule has 0 atom stereocenters. The number of rotatable bonds is 0. The topological polar surface area (TPSA) is 121 Å². The molecule has 0 heterocycles. The van der Waals surface area contributed by atoms with Crippen LogP contribution in [0.25, 0.3) is 0 Å². The Balaban J connectivity index is -0.00000000750. The molecule has 0 aromatic rings. The second-order valence-corrected chi connectivity index (χ2v) is 0.283. The summed E-state index contributed by atoms with van der Waals surface area (Å²) in [6.07, 6.45) is -1.83. The molecule has 0 aromatic carbocycles. The van der Waals surface area contributed by atoms with Gasteiger partial charge in [-0.25, -0.2) is 4.79 Å². The molecule has 1 radical (unpaired) electrons. The molecule has 59 valence electrons. The van der Waals surface area contributed by atoms with E-state index in [4.69, 9.17) is 15.0 Å². The van der Waals surface area contributed by atoms with Crippen LogP contribution in [0.15, 0.2) is 0 Å². The Morgan fingerprint density at radius 3 is 1.12 bits per heavy atom. The third-order valence-electron chi connectivity index (χ3n) is 0. The average molecular weight is 216 g/mol. The number of hydrogen-bond donors (Lipinski definition) is 2. The van der Waals surface area contributed by atoms with E-state index in [1.54, 1.807) is 0 Å². The SMILES string of the molecule is O.O.O=C(O)O.[Co].[Ni]. The predicted molar refractivity (Wildman–Crippen MR) is 17.9 cm³/mol. The van der Waals surface area contributed by atoms with Crippen molar-refractivity contribution < 1.29 is 59.2 Å². The zero-order valence-corrected chi connectivity index (χ0v) is 5.48. The summed E-state index contributed by atoms with van der Waals surface area (Å²) in [5, 5.41) is 13.9. The third kappa shape index (κ3) is 4620. The van der Waals surface area contributed by atoms with Crippen molar-refractivity contribution in [2.24, 2.45) is 0 Å². The summed E-state index contributed by atoms with van der Waals surface area (Å²) in [7, 11) is 0. The van der Waals surface area contributed by atoms with Crippen molar-refractivity contribution in [1.82, 2.24) is 0 Å². The van der Waals surface area contributed by atoms with Gasteiger partial charge in [0, 0.05) is 33.3 Å². The fourth-order valence-electron chi connectivity index (χ4n) is 0. The van der Waals surface area contributed by atoms with Gasteiger partial charge in [0.2, 0.25) is 0 Å². The summed E-state index contributed by atoms with van der Waals surface area (Å²) < 4.78 is 0. The second-order valence-electron chi connectivity index (χ2n) is 0.283. The summed E-state index contributed by atoms with van der Waals surface area (Å²) in [5.74, 6) is 0. The molecule has 0 saturated carbocycles. The van der Waals surface area contributed by atoms with Gasteiger partial charge in [0.25, 0.3) is 0 Å². The van der Waals surface area contributed by atoms with Gasteiger partial charge in [0.15, 0.2) is 0 Å². The quantitative estimate of drug-likeness (QED) is 0.482. The zero-order chi connectivity index (χ0) is 3.58. The van der Waals surface area contributed by atoms with E-state index >= 15 is 0 Å². The van der Waals surface area contributed by atoms with Crippen LogP contribution < -0.4 is 0 Å². The van der Waals surface area contributed by atoms with E-state index in [1.165, 1.54) is 0 Å². The van der Waals surface area contributed by atoms with E-state index in [-0.39, 0.29) is 44.2 Å². The normalized spacial score (nSPS) is 3.00. The number of carbonyl (C=O) groups is 1. The van der Waals surface area contributed by atoms with Crippen molar-refractivity contribution in [3.63, 3.8) is 0 Å². The molecule has 0 fully saturated rings. The van der Waals surface area contributed by atoms with Crippen molar-refractivity contribution in [2.45, 2.75) is 0 Å². The van der Waals surface area contributed by atoms with Gasteiger partial charge in [0.1, 0.15) is 0 Å². The summed E-state index contributed by atoms with van der Waals surface area (Å²) >= 11 is 0. The van der Waals surface area contributed by atoms with Crippen LogP contribution in [0, 0.1) is 0 Å². The molecule has 8 heavy (non-hydrogen) atoms. The number of hydrogen-bond acceptors (Lipinski definition) is 1. The van der Waals surface area contributed by atoms with Crippen molar-refractivity contribution in [3.8, 4) is 0 Å². The van der Waals surface area contributed by atoms with Crippen LogP contribution in [0.5, 0.6) is 0 Å². The maximum atomic E-state index is 8.56. The van der Waals surface area contributed by atoms with Crippen LogP contribution in [0.3, 0.4) is 0 Å². The van der Waals surface area contributed by atoms with Crippen LogP contribution in [0.2, 0.25) is 0 Å². The molecule has 0 aliphatic rings. The molecule has 0 unspecified atom stereocenters. The Morgan fingerprint density at radius 1 is 1.12 bits per heavy atom. The summed E-state index contributed by atoms with van der Waals surface area (Å²) in [6.45, 7) is 0. The van der Waals surface area contributed by atoms with E-state index < -0.39 is 6.16 Å². The summed E-state index contributed by atoms with van der Waals surface area (Å²) in [4.78, 5) is 8.56. The first-order chi connectivity index (χ1) is 1.73. The van der Waals surface area contributed by atoms with Crippen molar-refractivity contribution in [3.05, 3.63) is 0 Å². The molecule has 0 amide bonds. The Morgan fingerprint density at radius 2 is 1.12 bits per heavy atom. The van der Waals surface area contributed by atoms with Crippen LogP contribution in [-0.4, -0.2) is 27.3 Å². The van der Waals surface area contributed by atoms with Gasteiger partial charge < -0.3 is 21.2 Å². The van der Waals surface area contributed by atoms with Gasteiger partial charge in [0.05, 0.1) is 0 Å². The minimum Gasteiger partial charge on any atom is -0.450 e. The van der Waals surface area contributed by atoms with Crippen molar-refractivity contribution in [2.75, 3.05) is 0 Å². The van der Waals surface area contributed by atoms with Gasteiger partial charge in [-0.05, 0) is 0 Å². The van der Waals surface area contributed by atoms with Crippen LogP contribution in [-0.2, 0) is 33.3 Å². The molecule has 6 N–H and O–H groups in total. The fraction of sp³-hybridized carbons (Fsp3) is 0. The van der Waals surface area contributed by atoms with Crippen molar-refractivity contribution in [1.29, 1.82) is 0 Å². The first kappa shape index (κ1) is 41.6. The smallest absolute Gasteiger partial charge is 0.450 e. The molecule has 5 nitrogen and oxygen atoms in total. The molecule has 0 bridgehead atoms. The zero-order valence-electron chi connectivity index (χ0n) is 3.45. The first-order valence-electron chi connectivity index (χ1n) is 0.651. The van der Waals surface area contributed by atoms with Gasteiger partial charge in [-0.3, -0.25) is 0 Å². The van der Waals surface area contributed by atoms with Crippen molar-refractivity contribution >= 4 is 6.16 Å². The molecule has 0 aromatic heterocycles. The van der Waals surface area contributed by atoms with Crippen LogP contribution >= 0.6 is 0 Å². The maximum Gasteiger partial charge on any atom is 0.503 e.